The van der Waals surface area contributed by atoms with Gasteiger partial charge < -0.3 is 0 Å². The molecule has 2 aromatic carbocycles. The average Bonchev–Trinajstić information content (AvgIpc) is 2.48. The zero-order valence-electron chi connectivity index (χ0n) is 10.5. The fourth-order valence-corrected chi connectivity index (χ4v) is 2.59. The molecule has 0 saturated carbocycles. The third-order valence-corrected chi connectivity index (χ3v) is 3.70. The van der Waals surface area contributed by atoms with Crippen LogP contribution in [0.25, 0.3) is 10.8 Å². The van der Waals surface area contributed by atoms with E-state index < -0.39 is 0 Å². The molecule has 1 aromatic heterocycles. The minimum Gasteiger partial charge on any atom is -0.261 e. The molecule has 0 saturated heterocycles. The van der Waals surface area contributed by atoms with Gasteiger partial charge in [-0.05, 0) is 17.0 Å². The number of alkyl halides is 1. The summed E-state index contributed by atoms with van der Waals surface area (Å²) >= 11 is 6.50. The van der Waals surface area contributed by atoms with Gasteiger partial charge in [-0.3, -0.25) is 4.98 Å². The van der Waals surface area contributed by atoms with Gasteiger partial charge in [0.25, 0.3) is 0 Å². The van der Waals surface area contributed by atoms with Crippen molar-refractivity contribution in [1.29, 1.82) is 0 Å². The minimum absolute atomic E-state index is 0.0421. The predicted octanol–water partition coefficient (Wildman–Crippen LogP) is 4.76. The van der Waals surface area contributed by atoms with Gasteiger partial charge in [0.15, 0.2) is 0 Å². The van der Waals surface area contributed by atoms with Crippen molar-refractivity contribution in [3.63, 3.8) is 0 Å². The summed E-state index contributed by atoms with van der Waals surface area (Å²) in [5.41, 5.74) is 2.20. The van der Waals surface area contributed by atoms with Crippen LogP contribution in [0.2, 0.25) is 0 Å². The second-order valence-electron chi connectivity index (χ2n) is 4.56. The van der Waals surface area contributed by atoms with Crippen LogP contribution in [0, 0.1) is 0 Å². The molecule has 0 aliphatic rings. The Morgan fingerprint density at radius 2 is 1.63 bits per heavy atom. The van der Waals surface area contributed by atoms with Crippen LogP contribution in [-0.4, -0.2) is 4.98 Å². The van der Waals surface area contributed by atoms with Crippen LogP contribution in [0.15, 0.2) is 66.9 Å². The Morgan fingerprint density at radius 3 is 2.47 bits per heavy atom. The summed E-state index contributed by atoms with van der Waals surface area (Å²) in [4.78, 5) is 4.49. The molecule has 19 heavy (non-hydrogen) atoms. The van der Waals surface area contributed by atoms with Gasteiger partial charge in [0.2, 0.25) is 0 Å². The number of benzene rings is 2. The van der Waals surface area contributed by atoms with Gasteiger partial charge in [-0.15, -0.1) is 11.6 Å². The summed E-state index contributed by atoms with van der Waals surface area (Å²) in [5.74, 6) is 0. The van der Waals surface area contributed by atoms with E-state index in [-0.39, 0.29) is 5.38 Å². The summed E-state index contributed by atoms with van der Waals surface area (Å²) in [6.07, 6.45) is 2.60. The highest BCUT2D eigenvalue weighted by Crippen LogP contribution is 2.27. The molecule has 0 N–H and O–H groups in total. The molecular formula is C17H14ClN. The maximum absolute atomic E-state index is 6.50. The first-order chi connectivity index (χ1) is 9.34. The van der Waals surface area contributed by atoms with E-state index in [1.165, 1.54) is 10.8 Å². The molecular weight excluding hydrogens is 254 g/mol. The lowest BCUT2D eigenvalue weighted by atomic mass is 10.0. The first-order valence-corrected chi connectivity index (χ1v) is 6.80. The largest absolute Gasteiger partial charge is 0.261 e. The van der Waals surface area contributed by atoms with E-state index in [1.54, 1.807) is 0 Å². The molecule has 0 aliphatic heterocycles. The van der Waals surface area contributed by atoms with E-state index in [4.69, 9.17) is 11.6 Å². The van der Waals surface area contributed by atoms with Crippen molar-refractivity contribution in [1.82, 2.24) is 4.98 Å². The highest BCUT2D eigenvalue weighted by Gasteiger charge is 2.11. The number of aromatic nitrogens is 1. The van der Waals surface area contributed by atoms with Crippen LogP contribution in [0.1, 0.15) is 16.6 Å². The molecule has 1 unspecified atom stereocenters. The number of rotatable bonds is 3. The highest BCUT2D eigenvalue weighted by atomic mass is 35.5. The van der Waals surface area contributed by atoms with Crippen molar-refractivity contribution in [3.8, 4) is 0 Å². The first-order valence-electron chi connectivity index (χ1n) is 6.36. The lowest BCUT2D eigenvalue weighted by Gasteiger charge is -2.11. The standard InChI is InChI=1S/C17H14ClN/c18-16(14-7-2-1-3-8-14)12-17-15-9-5-4-6-13(15)10-11-19-17/h1-11,16H,12H2. The number of halogens is 1. The van der Waals surface area contributed by atoms with E-state index >= 15 is 0 Å². The van der Waals surface area contributed by atoms with E-state index in [0.29, 0.717) is 0 Å². The monoisotopic (exact) mass is 267 g/mol. The topological polar surface area (TPSA) is 12.9 Å². The minimum atomic E-state index is -0.0421. The quantitative estimate of drug-likeness (QED) is 0.624. The van der Waals surface area contributed by atoms with Crippen LogP contribution in [-0.2, 0) is 6.42 Å². The van der Waals surface area contributed by atoms with Crippen molar-refractivity contribution < 1.29 is 0 Å². The maximum Gasteiger partial charge on any atom is 0.0640 e. The Bertz CT molecular complexity index is 674. The smallest absolute Gasteiger partial charge is 0.0640 e. The summed E-state index contributed by atoms with van der Waals surface area (Å²) < 4.78 is 0. The van der Waals surface area contributed by atoms with E-state index in [0.717, 1.165) is 17.7 Å². The van der Waals surface area contributed by atoms with Gasteiger partial charge in [0, 0.05) is 23.7 Å². The summed E-state index contributed by atoms with van der Waals surface area (Å²) in [6, 6.07) is 20.5. The van der Waals surface area contributed by atoms with Gasteiger partial charge in [-0.25, -0.2) is 0 Å². The molecule has 3 aromatic rings. The van der Waals surface area contributed by atoms with Crippen LogP contribution >= 0.6 is 11.6 Å². The SMILES string of the molecule is ClC(Cc1nccc2ccccc12)c1ccccc1. The van der Waals surface area contributed by atoms with Crippen molar-refractivity contribution in [3.05, 3.63) is 78.1 Å². The summed E-state index contributed by atoms with van der Waals surface area (Å²) in [7, 11) is 0. The summed E-state index contributed by atoms with van der Waals surface area (Å²) in [5, 5.41) is 2.36. The Balaban J connectivity index is 1.94. The van der Waals surface area contributed by atoms with Gasteiger partial charge in [-0.2, -0.15) is 0 Å². The Hall–Kier alpha value is -1.86. The van der Waals surface area contributed by atoms with Crippen molar-refractivity contribution >= 4 is 22.4 Å². The van der Waals surface area contributed by atoms with E-state index in [1.807, 2.05) is 42.6 Å². The van der Waals surface area contributed by atoms with E-state index in [9.17, 15) is 0 Å². The molecule has 0 amide bonds. The molecule has 94 valence electrons. The van der Waals surface area contributed by atoms with Gasteiger partial charge >= 0.3 is 0 Å². The summed E-state index contributed by atoms with van der Waals surface area (Å²) in [6.45, 7) is 0. The number of hydrogen-bond donors (Lipinski definition) is 0. The zero-order valence-corrected chi connectivity index (χ0v) is 11.2. The lowest BCUT2D eigenvalue weighted by Crippen LogP contribution is -1.99. The maximum atomic E-state index is 6.50. The molecule has 3 rings (SSSR count). The van der Waals surface area contributed by atoms with Gasteiger partial charge in [0.1, 0.15) is 0 Å². The molecule has 0 fully saturated rings. The van der Waals surface area contributed by atoms with Crippen LogP contribution in [0.5, 0.6) is 0 Å². The van der Waals surface area contributed by atoms with Crippen molar-refractivity contribution in [2.24, 2.45) is 0 Å². The van der Waals surface area contributed by atoms with Crippen LogP contribution < -0.4 is 0 Å². The second kappa shape index (κ2) is 5.41. The average molecular weight is 268 g/mol. The number of hydrogen-bond acceptors (Lipinski definition) is 1. The molecule has 0 bridgehead atoms. The lowest BCUT2D eigenvalue weighted by molar-refractivity contribution is 0.891. The normalized spacial score (nSPS) is 12.5. The Morgan fingerprint density at radius 1 is 0.895 bits per heavy atom. The molecule has 2 heteroatoms. The number of nitrogens with zero attached hydrogens (tertiary/aromatic N) is 1. The highest BCUT2D eigenvalue weighted by molar-refractivity contribution is 6.21. The van der Waals surface area contributed by atoms with Gasteiger partial charge in [-0.1, -0.05) is 54.6 Å². The van der Waals surface area contributed by atoms with Crippen molar-refractivity contribution in [2.75, 3.05) is 0 Å². The van der Waals surface area contributed by atoms with Crippen LogP contribution in [0.3, 0.4) is 0 Å². The fourth-order valence-electron chi connectivity index (χ4n) is 2.29. The zero-order chi connectivity index (χ0) is 13.1. The third-order valence-electron chi connectivity index (χ3n) is 3.29. The number of pyridine rings is 1. The molecule has 1 nitrogen and oxygen atoms in total. The third kappa shape index (κ3) is 2.61. The Kier molecular flexibility index (Phi) is 3.47. The first kappa shape index (κ1) is 12.2. The van der Waals surface area contributed by atoms with E-state index in [2.05, 4.69) is 29.2 Å². The molecule has 1 heterocycles. The van der Waals surface area contributed by atoms with Crippen LogP contribution in [0.4, 0.5) is 0 Å². The molecule has 0 spiro atoms. The van der Waals surface area contributed by atoms with Gasteiger partial charge in [0.05, 0.1) is 5.38 Å². The second-order valence-corrected chi connectivity index (χ2v) is 5.09. The molecule has 0 aliphatic carbocycles. The Labute approximate surface area is 117 Å². The fraction of sp³-hybridized carbons (Fsp3) is 0.118. The van der Waals surface area contributed by atoms with Crippen molar-refractivity contribution in [2.45, 2.75) is 11.8 Å². The predicted molar refractivity (Wildman–Crippen MR) is 80.5 cm³/mol. The molecule has 0 radical (unpaired) electrons. The molecule has 1 atom stereocenters. The number of fused-ring (bicyclic) bond motifs is 1.